The van der Waals surface area contributed by atoms with Crippen LogP contribution in [0.1, 0.15) is 17.9 Å². The lowest BCUT2D eigenvalue weighted by atomic mass is 9.90. The first-order valence-corrected chi connectivity index (χ1v) is 7.47. The highest BCUT2D eigenvalue weighted by Gasteiger charge is 2.23. The van der Waals surface area contributed by atoms with Crippen molar-refractivity contribution in [3.05, 3.63) is 42.5 Å². The first kappa shape index (κ1) is 16.1. The minimum absolute atomic E-state index is 0.0547. The number of fused-ring (bicyclic) bond motifs is 1. The Bertz CT molecular complexity index is 571. The Morgan fingerprint density at radius 3 is 2.91 bits per heavy atom. The van der Waals surface area contributed by atoms with E-state index >= 15 is 0 Å². The smallest absolute Gasteiger partial charge is 0.246 e. The highest BCUT2D eigenvalue weighted by molar-refractivity contribution is 5.90. The summed E-state index contributed by atoms with van der Waals surface area (Å²) in [5.74, 6) is -0.0781. The van der Waals surface area contributed by atoms with Crippen molar-refractivity contribution >= 4 is 17.5 Å². The van der Waals surface area contributed by atoms with Crippen LogP contribution in [0.15, 0.2) is 36.9 Å². The molecule has 0 saturated heterocycles. The third-order valence-corrected chi connectivity index (χ3v) is 4.08. The van der Waals surface area contributed by atoms with Crippen LogP contribution in [0.3, 0.4) is 0 Å². The van der Waals surface area contributed by atoms with E-state index in [0.717, 1.165) is 13.0 Å². The minimum atomic E-state index is -0.250. The van der Waals surface area contributed by atoms with E-state index in [1.165, 1.54) is 22.2 Å². The van der Waals surface area contributed by atoms with Gasteiger partial charge in [0, 0.05) is 38.8 Å². The van der Waals surface area contributed by atoms with Crippen LogP contribution in [0.25, 0.3) is 0 Å². The molecule has 5 heteroatoms. The zero-order valence-corrected chi connectivity index (χ0v) is 13.2. The van der Waals surface area contributed by atoms with Crippen LogP contribution in [0.4, 0.5) is 5.69 Å². The topological polar surface area (TPSA) is 52.7 Å². The Hall–Kier alpha value is -2.30. The molecule has 0 bridgehead atoms. The number of nitrogens with zero attached hydrogens (tertiary/aromatic N) is 2. The number of anilines is 1. The number of nitrogens with one attached hydrogen (secondary N) is 1. The molecule has 0 radical (unpaired) electrons. The van der Waals surface area contributed by atoms with Gasteiger partial charge in [0.1, 0.15) is 0 Å². The zero-order valence-electron chi connectivity index (χ0n) is 13.2. The Balaban J connectivity index is 1.92. The normalized spacial score (nSPS) is 16.6. The second kappa shape index (κ2) is 7.11. The van der Waals surface area contributed by atoms with Crippen molar-refractivity contribution in [2.75, 3.05) is 38.6 Å². The van der Waals surface area contributed by atoms with Gasteiger partial charge >= 0.3 is 0 Å². The highest BCUT2D eigenvalue weighted by atomic mass is 16.2. The minimum Gasteiger partial charge on any atom is -0.374 e. The molecule has 22 heavy (non-hydrogen) atoms. The summed E-state index contributed by atoms with van der Waals surface area (Å²) < 4.78 is 0. The summed E-state index contributed by atoms with van der Waals surface area (Å²) in [7, 11) is 3.68. The predicted molar refractivity (Wildman–Crippen MR) is 87.9 cm³/mol. The van der Waals surface area contributed by atoms with Crippen LogP contribution in [-0.4, -0.2) is 50.4 Å². The second-order valence-corrected chi connectivity index (χ2v) is 5.67. The maximum Gasteiger partial charge on any atom is 0.246 e. The molecular formula is C17H23N3O2. The van der Waals surface area contributed by atoms with E-state index in [1.807, 2.05) is 12.1 Å². The molecule has 1 aliphatic rings. The number of rotatable bonds is 5. The van der Waals surface area contributed by atoms with Crippen molar-refractivity contribution < 1.29 is 9.59 Å². The van der Waals surface area contributed by atoms with Gasteiger partial charge in [-0.15, -0.1) is 0 Å². The number of carbonyl (C=O) groups excluding carboxylic acids is 2. The van der Waals surface area contributed by atoms with Gasteiger partial charge in [0.15, 0.2) is 0 Å². The van der Waals surface area contributed by atoms with Crippen molar-refractivity contribution in [2.24, 2.45) is 0 Å². The fraction of sp³-hybridized carbons (Fsp3) is 0.412. The quantitative estimate of drug-likeness (QED) is 0.836. The number of carbonyl (C=O) groups is 2. The first-order valence-electron chi connectivity index (χ1n) is 7.47. The van der Waals surface area contributed by atoms with E-state index in [0.29, 0.717) is 12.5 Å². The molecule has 0 saturated carbocycles. The van der Waals surface area contributed by atoms with E-state index in [2.05, 4.69) is 36.0 Å². The predicted octanol–water partition coefficient (Wildman–Crippen LogP) is 1.37. The number of hydrogen-bond acceptors (Lipinski definition) is 3. The van der Waals surface area contributed by atoms with Gasteiger partial charge < -0.3 is 15.1 Å². The fourth-order valence-electron chi connectivity index (χ4n) is 2.76. The van der Waals surface area contributed by atoms with Crippen LogP contribution < -0.4 is 10.2 Å². The largest absolute Gasteiger partial charge is 0.374 e. The molecule has 1 aromatic carbocycles. The maximum atomic E-state index is 11.9. The molecule has 118 valence electrons. The van der Waals surface area contributed by atoms with Gasteiger partial charge in [0.05, 0.1) is 6.54 Å². The average molecular weight is 301 g/mol. The van der Waals surface area contributed by atoms with Gasteiger partial charge in [-0.2, -0.15) is 0 Å². The van der Waals surface area contributed by atoms with E-state index in [9.17, 15) is 9.59 Å². The molecule has 1 N–H and O–H groups in total. The Morgan fingerprint density at radius 2 is 2.18 bits per heavy atom. The molecule has 1 aromatic rings. The number of likely N-dealkylation sites (N-methyl/N-ethyl adjacent to an activating group) is 1. The lowest BCUT2D eigenvalue weighted by Crippen LogP contribution is -2.40. The molecule has 0 aliphatic carbocycles. The van der Waals surface area contributed by atoms with Crippen LogP contribution in [-0.2, 0) is 9.59 Å². The van der Waals surface area contributed by atoms with E-state index in [4.69, 9.17) is 0 Å². The summed E-state index contributed by atoms with van der Waals surface area (Å²) in [5.41, 5.74) is 2.50. The molecule has 5 nitrogen and oxygen atoms in total. The van der Waals surface area contributed by atoms with Crippen LogP contribution in [0.5, 0.6) is 0 Å². The molecular weight excluding hydrogens is 278 g/mol. The van der Waals surface area contributed by atoms with Gasteiger partial charge in [-0.05, 0) is 24.1 Å². The third-order valence-electron chi connectivity index (χ3n) is 4.08. The molecule has 0 fully saturated rings. The maximum absolute atomic E-state index is 11.9. The van der Waals surface area contributed by atoms with Crippen molar-refractivity contribution in [1.29, 1.82) is 0 Å². The number of benzene rings is 1. The monoisotopic (exact) mass is 301 g/mol. The lowest BCUT2D eigenvalue weighted by molar-refractivity contribution is -0.131. The fourth-order valence-corrected chi connectivity index (χ4v) is 2.76. The summed E-state index contributed by atoms with van der Waals surface area (Å²) >= 11 is 0. The van der Waals surface area contributed by atoms with E-state index in [-0.39, 0.29) is 18.4 Å². The molecule has 0 aromatic heterocycles. The van der Waals surface area contributed by atoms with Gasteiger partial charge in [-0.1, -0.05) is 24.8 Å². The SMILES string of the molecule is C=CC(=O)N(C)CC(=O)NCC1CCN(C)c2ccccc21. The Kier molecular flexibility index (Phi) is 5.20. The van der Waals surface area contributed by atoms with Crippen molar-refractivity contribution in [2.45, 2.75) is 12.3 Å². The van der Waals surface area contributed by atoms with Gasteiger partial charge in [-0.25, -0.2) is 0 Å². The van der Waals surface area contributed by atoms with E-state index < -0.39 is 0 Å². The summed E-state index contributed by atoms with van der Waals surface area (Å²) in [5, 5.41) is 2.93. The van der Waals surface area contributed by atoms with Crippen LogP contribution >= 0.6 is 0 Å². The molecule has 1 unspecified atom stereocenters. The lowest BCUT2D eigenvalue weighted by Gasteiger charge is -2.33. The average Bonchev–Trinajstić information content (AvgIpc) is 2.53. The summed E-state index contributed by atoms with van der Waals surface area (Å²) in [6, 6.07) is 8.30. The zero-order chi connectivity index (χ0) is 16.1. The summed E-state index contributed by atoms with van der Waals surface area (Å²) in [4.78, 5) is 26.9. The van der Waals surface area contributed by atoms with Crippen molar-refractivity contribution in [1.82, 2.24) is 10.2 Å². The van der Waals surface area contributed by atoms with Gasteiger partial charge in [0.2, 0.25) is 11.8 Å². The molecule has 2 rings (SSSR count). The number of hydrogen-bond donors (Lipinski definition) is 1. The highest BCUT2D eigenvalue weighted by Crippen LogP contribution is 2.33. The molecule has 2 amide bonds. The van der Waals surface area contributed by atoms with Crippen molar-refractivity contribution in [3.63, 3.8) is 0 Å². The van der Waals surface area contributed by atoms with Gasteiger partial charge in [0.25, 0.3) is 0 Å². The molecule has 1 heterocycles. The standard InChI is InChI=1S/C17H23N3O2/c1-4-17(22)20(3)12-16(21)18-11-13-9-10-19(2)15-8-6-5-7-14(13)15/h4-8,13H,1,9-12H2,2-3H3,(H,18,21). The number of amides is 2. The van der Waals surface area contributed by atoms with E-state index in [1.54, 1.807) is 7.05 Å². The summed E-state index contributed by atoms with van der Waals surface area (Å²) in [6.45, 7) is 5.04. The van der Waals surface area contributed by atoms with Gasteiger partial charge in [-0.3, -0.25) is 9.59 Å². The second-order valence-electron chi connectivity index (χ2n) is 5.67. The molecule has 0 spiro atoms. The molecule has 1 aliphatic heterocycles. The van der Waals surface area contributed by atoms with Crippen LogP contribution in [0.2, 0.25) is 0 Å². The third kappa shape index (κ3) is 3.67. The number of para-hydroxylation sites is 1. The summed E-state index contributed by atoms with van der Waals surface area (Å²) in [6.07, 6.45) is 2.22. The Labute approximate surface area is 131 Å². The first-order chi connectivity index (χ1) is 10.5. The van der Waals surface area contributed by atoms with Crippen LogP contribution in [0, 0.1) is 0 Å². The molecule has 1 atom stereocenters. The Morgan fingerprint density at radius 1 is 1.45 bits per heavy atom. The van der Waals surface area contributed by atoms with Crippen molar-refractivity contribution in [3.8, 4) is 0 Å².